The van der Waals surface area contributed by atoms with Crippen LogP contribution in [0, 0.1) is 5.92 Å². The Balaban J connectivity index is 1.65. The lowest BCUT2D eigenvalue weighted by Gasteiger charge is -2.41. The summed E-state index contributed by atoms with van der Waals surface area (Å²) in [6.45, 7) is 9.44. The first-order valence-electron chi connectivity index (χ1n) is 10.5. The summed E-state index contributed by atoms with van der Waals surface area (Å²) in [5.74, 6) is 0.737. The molecule has 1 saturated heterocycles. The van der Waals surface area contributed by atoms with Crippen molar-refractivity contribution in [3.63, 3.8) is 0 Å². The number of ether oxygens (including phenoxy) is 3. The highest BCUT2D eigenvalue weighted by Gasteiger charge is 2.35. The fourth-order valence-corrected chi connectivity index (χ4v) is 4.54. The molecular formula is C21H33ClN4O3S. The molecule has 9 heteroatoms. The van der Waals surface area contributed by atoms with E-state index in [9.17, 15) is 0 Å². The number of halogens is 1. The van der Waals surface area contributed by atoms with E-state index in [1.165, 1.54) is 6.33 Å². The first kappa shape index (κ1) is 23.8. The van der Waals surface area contributed by atoms with Gasteiger partial charge in [0.05, 0.1) is 18.2 Å². The van der Waals surface area contributed by atoms with Gasteiger partial charge in [-0.15, -0.1) is 0 Å². The summed E-state index contributed by atoms with van der Waals surface area (Å²) >= 11 is 8.17. The molecular weight excluding hydrogens is 424 g/mol. The fourth-order valence-electron chi connectivity index (χ4n) is 3.63. The van der Waals surface area contributed by atoms with Gasteiger partial charge in [-0.05, 0) is 26.5 Å². The van der Waals surface area contributed by atoms with Gasteiger partial charge in [-0.2, -0.15) is 11.8 Å². The lowest BCUT2D eigenvalue weighted by atomic mass is 10.0. The average molecular weight is 457 g/mol. The second-order valence-electron chi connectivity index (χ2n) is 8.09. The normalized spacial score (nSPS) is 21.4. The smallest absolute Gasteiger partial charge is 0.163 e. The quantitative estimate of drug-likeness (QED) is 0.403. The van der Waals surface area contributed by atoms with E-state index in [1.807, 2.05) is 18.4 Å². The SMILES string of the molecule is CCCCOCn1cc(CNC[C@@H]2COC(C)(C)O[C@H]2CSC)c2ncnc(Cl)c21. The Kier molecular flexibility index (Phi) is 8.80. The number of rotatable bonds is 11. The first-order chi connectivity index (χ1) is 14.4. The molecule has 30 heavy (non-hydrogen) atoms. The molecule has 1 aliphatic heterocycles. The molecule has 0 aliphatic carbocycles. The Labute approximate surface area is 188 Å². The monoisotopic (exact) mass is 456 g/mol. The average Bonchev–Trinajstić information content (AvgIpc) is 3.06. The summed E-state index contributed by atoms with van der Waals surface area (Å²) in [5.41, 5.74) is 2.76. The van der Waals surface area contributed by atoms with Crippen molar-refractivity contribution in [2.24, 2.45) is 5.92 Å². The number of hydrogen-bond donors (Lipinski definition) is 1. The van der Waals surface area contributed by atoms with Gasteiger partial charge < -0.3 is 24.1 Å². The van der Waals surface area contributed by atoms with Crippen molar-refractivity contribution in [1.29, 1.82) is 0 Å². The predicted octanol–water partition coefficient (Wildman–Crippen LogP) is 4.08. The summed E-state index contributed by atoms with van der Waals surface area (Å²) in [6.07, 6.45) is 7.99. The highest BCUT2D eigenvalue weighted by molar-refractivity contribution is 7.98. The zero-order valence-electron chi connectivity index (χ0n) is 18.3. The maximum absolute atomic E-state index is 6.37. The number of hydrogen-bond acceptors (Lipinski definition) is 7. The molecule has 1 aliphatic rings. The largest absolute Gasteiger partial charge is 0.361 e. The third-order valence-corrected chi connectivity index (χ3v) is 6.15. The van der Waals surface area contributed by atoms with Gasteiger partial charge in [0.25, 0.3) is 0 Å². The highest BCUT2D eigenvalue weighted by Crippen LogP contribution is 2.28. The van der Waals surface area contributed by atoms with Crippen molar-refractivity contribution >= 4 is 34.4 Å². The summed E-state index contributed by atoms with van der Waals surface area (Å²) in [5, 5.41) is 4.01. The van der Waals surface area contributed by atoms with Gasteiger partial charge in [0.1, 0.15) is 18.6 Å². The Morgan fingerprint density at radius 1 is 1.40 bits per heavy atom. The van der Waals surface area contributed by atoms with Crippen molar-refractivity contribution in [2.75, 3.05) is 31.8 Å². The molecule has 1 fully saturated rings. The lowest BCUT2D eigenvalue weighted by Crippen LogP contribution is -2.49. The van der Waals surface area contributed by atoms with E-state index in [4.69, 9.17) is 25.8 Å². The number of thioether (sulfide) groups is 1. The second-order valence-corrected chi connectivity index (χ2v) is 9.36. The second kappa shape index (κ2) is 11.1. The zero-order chi connectivity index (χ0) is 21.6. The molecule has 2 aromatic heterocycles. The van der Waals surface area contributed by atoms with Crippen molar-refractivity contribution in [2.45, 2.75) is 58.8 Å². The Morgan fingerprint density at radius 2 is 2.23 bits per heavy atom. The molecule has 3 heterocycles. The minimum Gasteiger partial charge on any atom is -0.361 e. The van der Waals surface area contributed by atoms with Crippen LogP contribution in [0.4, 0.5) is 0 Å². The van der Waals surface area contributed by atoms with Gasteiger partial charge in [0.2, 0.25) is 0 Å². The van der Waals surface area contributed by atoms with E-state index in [-0.39, 0.29) is 6.10 Å². The van der Waals surface area contributed by atoms with E-state index >= 15 is 0 Å². The van der Waals surface area contributed by atoms with Gasteiger partial charge in [0.15, 0.2) is 10.9 Å². The molecule has 0 unspecified atom stereocenters. The van der Waals surface area contributed by atoms with Gasteiger partial charge in [-0.25, -0.2) is 9.97 Å². The molecule has 0 bridgehead atoms. The van der Waals surface area contributed by atoms with Crippen LogP contribution in [0.25, 0.3) is 11.0 Å². The molecule has 7 nitrogen and oxygen atoms in total. The van der Waals surface area contributed by atoms with Crippen molar-refractivity contribution in [3.8, 4) is 0 Å². The van der Waals surface area contributed by atoms with Crippen LogP contribution in [0.15, 0.2) is 12.5 Å². The third kappa shape index (κ3) is 6.08. The third-order valence-electron chi connectivity index (χ3n) is 5.21. The maximum Gasteiger partial charge on any atom is 0.163 e. The summed E-state index contributed by atoms with van der Waals surface area (Å²) in [6, 6.07) is 0. The van der Waals surface area contributed by atoms with Crippen LogP contribution in [0.2, 0.25) is 5.15 Å². The van der Waals surface area contributed by atoms with Gasteiger partial charge in [-0.1, -0.05) is 24.9 Å². The van der Waals surface area contributed by atoms with Gasteiger partial charge in [0, 0.05) is 43.1 Å². The van der Waals surface area contributed by atoms with Crippen LogP contribution in [0.3, 0.4) is 0 Å². The Morgan fingerprint density at radius 3 is 3.00 bits per heavy atom. The van der Waals surface area contributed by atoms with Crippen LogP contribution in [-0.2, 0) is 27.5 Å². The van der Waals surface area contributed by atoms with Crippen LogP contribution >= 0.6 is 23.4 Å². The van der Waals surface area contributed by atoms with Crippen LogP contribution in [-0.4, -0.2) is 58.2 Å². The fraction of sp³-hybridized carbons (Fsp3) is 0.714. The summed E-state index contributed by atoms with van der Waals surface area (Å²) in [4.78, 5) is 8.62. The van der Waals surface area contributed by atoms with Crippen molar-refractivity contribution < 1.29 is 14.2 Å². The summed E-state index contributed by atoms with van der Waals surface area (Å²) < 4.78 is 19.8. The number of unbranched alkanes of at least 4 members (excludes halogenated alkanes) is 1. The van der Waals surface area contributed by atoms with Crippen LogP contribution in [0.1, 0.15) is 39.2 Å². The molecule has 168 valence electrons. The van der Waals surface area contributed by atoms with Gasteiger partial charge >= 0.3 is 0 Å². The van der Waals surface area contributed by atoms with Crippen LogP contribution < -0.4 is 5.32 Å². The van der Waals surface area contributed by atoms with E-state index in [0.29, 0.717) is 31.0 Å². The Hall–Kier alpha value is -0.900. The molecule has 0 saturated carbocycles. The predicted molar refractivity (Wildman–Crippen MR) is 122 cm³/mol. The maximum atomic E-state index is 6.37. The van der Waals surface area contributed by atoms with Gasteiger partial charge in [-0.3, -0.25) is 0 Å². The van der Waals surface area contributed by atoms with Crippen molar-refractivity contribution in [3.05, 3.63) is 23.2 Å². The van der Waals surface area contributed by atoms with E-state index in [1.54, 1.807) is 11.8 Å². The Bertz CT molecular complexity index is 817. The molecule has 0 radical (unpaired) electrons. The molecule has 0 spiro atoms. The molecule has 1 N–H and O–H groups in total. The molecule has 3 rings (SSSR count). The molecule has 2 atom stereocenters. The lowest BCUT2D eigenvalue weighted by molar-refractivity contribution is -0.286. The van der Waals surface area contributed by atoms with E-state index in [2.05, 4.69) is 34.7 Å². The standard InChI is InChI=1S/C21H33ClN4O3S/c1-5-6-7-27-14-26-10-15(18-19(26)20(22)25-13-24-18)8-23-9-16-11-28-21(2,3)29-17(16)12-30-4/h10,13,16-17,23H,5-9,11-12,14H2,1-4H3/t16-,17+/m1/s1. The number of aromatic nitrogens is 3. The van der Waals surface area contributed by atoms with E-state index < -0.39 is 5.79 Å². The zero-order valence-corrected chi connectivity index (χ0v) is 19.9. The highest BCUT2D eigenvalue weighted by atomic mass is 35.5. The molecule has 0 amide bonds. The van der Waals surface area contributed by atoms with E-state index in [0.717, 1.165) is 48.3 Å². The number of nitrogens with one attached hydrogen (secondary N) is 1. The molecule has 0 aromatic carbocycles. The topological polar surface area (TPSA) is 70.4 Å². The minimum absolute atomic E-state index is 0.168. The molecule has 2 aromatic rings. The number of fused-ring (bicyclic) bond motifs is 1. The number of nitrogens with zero attached hydrogens (tertiary/aromatic N) is 3. The first-order valence-corrected chi connectivity index (χ1v) is 12.3. The summed E-state index contributed by atoms with van der Waals surface area (Å²) in [7, 11) is 0. The minimum atomic E-state index is -0.518. The van der Waals surface area contributed by atoms with Crippen molar-refractivity contribution in [1.82, 2.24) is 19.9 Å². The van der Waals surface area contributed by atoms with Crippen LogP contribution in [0.5, 0.6) is 0 Å².